The quantitative estimate of drug-likeness (QED) is 0.163. The maximum absolute atomic E-state index is 11.8. The van der Waals surface area contributed by atoms with Gasteiger partial charge in [0, 0.05) is 6.42 Å². The second-order valence-corrected chi connectivity index (χ2v) is 27.0. The lowest BCUT2D eigenvalue weighted by atomic mass is 9.62. The van der Waals surface area contributed by atoms with Crippen LogP contribution in [-0.2, 0) is 23.1 Å². The van der Waals surface area contributed by atoms with Crippen molar-refractivity contribution in [3.05, 3.63) is 35.5 Å². The molecule has 0 aliphatic heterocycles. The lowest BCUT2D eigenvalue weighted by Gasteiger charge is -2.45. The summed E-state index contributed by atoms with van der Waals surface area (Å²) >= 11 is 0. The number of hydrogen-bond acceptors (Lipinski definition) is 5. The van der Waals surface area contributed by atoms with Crippen molar-refractivity contribution in [2.45, 2.75) is 168 Å². The van der Waals surface area contributed by atoms with Gasteiger partial charge in [-0.2, -0.15) is 0 Å². The van der Waals surface area contributed by atoms with Crippen LogP contribution in [0.25, 0.3) is 0 Å². The molecule has 0 amide bonds. The van der Waals surface area contributed by atoms with E-state index in [0.717, 1.165) is 24.8 Å². The van der Waals surface area contributed by atoms with Crippen LogP contribution >= 0.6 is 0 Å². The lowest BCUT2D eigenvalue weighted by molar-refractivity contribution is -0.145. The van der Waals surface area contributed by atoms with Crippen LogP contribution in [0.3, 0.4) is 0 Å². The zero-order valence-corrected chi connectivity index (χ0v) is 33.4. The molecule has 3 fully saturated rings. The van der Waals surface area contributed by atoms with E-state index in [-0.39, 0.29) is 39.8 Å². The van der Waals surface area contributed by atoms with Gasteiger partial charge in [-0.05, 0) is 117 Å². The van der Waals surface area contributed by atoms with E-state index in [1.165, 1.54) is 31.3 Å². The molecule has 0 spiro atoms. The van der Waals surface area contributed by atoms with Crippen molar-refractivity contribution in [1.29, 1.82) is 0 Å². The second-order valence-electron chi connectivity index (χ2n) is 17.5. The third kappa shape index (κ3) is 9.13. The molecule has 0 radical (unpaired) electrons. The molecule has 0 N–H and O–H groups in total. The van der Waals surface area contributed by atoms with E-state index in [9.17, 15) is 4.79 Å². The summed E-state index contributed by atoms with van der Waals surface area (Å²) in [4.78, 5) is 11.8. The maximum atomic E-state index is 11.8. The van der Waals surface area contributed by atoms with Gasteiger partial charge in [0.05, 0.1) is 37.9 Å². The molecular weight excluding hydrogens is 593 g/mol. The Morgan fingerprint density at radius 1 is 1.02 bits per heavy atom. The Hall–Kier alpha value is -0.996. The van der Waals surface area contributed by atoms with Crippen LogP contribution in [0, 0.1) is 17.3 Å². The third-order valence-corrected chi connectivity index (χ3v) is 21.4. The molecule has 7 heteroatoms. The SMILES string of the molecule is C=C1C(=CC=C2CCC[C@]3(C)[C@@H]([C@H](C)OCCC(=O)OCC)CC[C@@H]23)C[C@@H](O[Si](C)(C)C(C)(C)C)C[C@@H]1O[Si](C)(C)C(C)(C)C. The van der Waals surface area contributed by atoms with Crippen molar-refractivity contribution in [2.24, 2.45) is 17.3 Å². The first-order valence-corrected chi connectivity index (χ1v) is 23.7. The van der Waals surface area contributed by atoms with Gasteiger partial charge in [-0.3, -0.25) is 4.79 Å². The molecule has 3 aliphatic carbocycles. The van der Waals surface area contributed by atoms with E-state index in [4.69, 9.17) is 18.3 Å². The van der Waals surface area contributed by atoms with Crippen LogP contribution in [0.5, 0.6) is 0 Å². The zero-order valence-electron chi connectivity index (χ0n) is 31.4. The van der Waals surface area contributed by atoms with Gasteiger partial charge < -0.3 is 18.3 Å². The molecule has 45 heavy (non-hydrogen) atoms. The topological polar surface area (TPSA) is 54.0 Å². The highest BCUT2D eigenvalue weighted by Crippen LogP contribution is 2.58. The zero-order chi connectivity index (χ0) is 34.0. The van der Waals surface area contributed by atoms with Crippen molar-refractivity contribution in [3.8, 4) is 0 Å². The molecule has 3 saturated carbocycles. The van der Waals surface area contributed by atoms with Crippen molar-refractivity contribution >= 4 is 22.6 Å². The summed E-state index contributed by atoms with van der Waals surface area (Å²) in [5.74, 6) is 0.893. The van der Waals surface area contributed by atoms with Crippen molar-refractivity contribution < 1.29 is 23.1 Å². The summed E-state index contributed by atoms with van der Waals surface area (Å²) in [6.07, 6.45) is 13.2. The lowest BCUT2D eigenvalue weighted by Crippen LogP contribution is -2.49. The van der Waals surface area contributed by atoms with Crippen molar-refractivity contribution in [2.75, 3.05) is 13.2 Å². The Labute approximate surface area is 279 Å². The molecular formula is C38H68O5Si2. The van der Waals surface area contributed by atoms with Crippen molar-refractivity contribution in [1.82, 2.24) is 0 Å². The Bertz CT molecular complexity index is 1110. The number of fused-ring (bicyclic) bond motifs is 1. The van der Waals surface area contributed by atoms with Crippen LogP contribution in [-0.4, -0.2) is 54.1 Å². The Morgan fingerprint density at radius 3 is 2.24 bits per heavy atom. The molecule has 258 valence electrons. The summed E-state index contributed by atoms with van der Waals surface area (Å²) in [6, 6.07) is 0. The maximum Gasteiger partial charge on any atom is 0.308 e. The summed E-state index contributed by atoms with van der Waals surface area (Å²) < 4.78 is 25.5. The minimum Gasteiger partial charge on any atom is -0.466 e. The number of carbonyl (C=O) groups excluding carboxylic acids is 1. The molecule has 0 aromatic rings. The molecule has 0 heterocycles. The third-order valence-electron chi connectivity index (χ3n) is 12.3. The van der Waals surface area contributed by atoms with Gasteiger partial charge >= 0.3 is 5.97 Å². The Morgan fingerprint density at radius 2 is 1.64 bits per heavy atom. The fraction of sp³-hybridized carbons (Fsp3) is 0.816. The monoisotopic (exact) mass is 660 g/mol. The van der Waals surface area contributed by atoms with Gasteiger partial charge in [-0.15, -0.1) is 0 Å². The Balaban J connectivity index is 1.84. The van der Waals surface area contributed by atoms with E-state index >= 15 is 0 Å². The number of ether oxygens (including phenoxy) is 2. The van der Waals surface area contributed by atoms with E-state index in [1.807, 2.05) is 6.92 Å². The molecule has 3 rings (SSSR count). The Kier molecular flexibility index (Phi) is 12.5. The van der Waals surface area contributed by atoms with Crippen LogP contribution in [0.15, 0.2) is 35.5 Å². The molecule has 0 saturated heterocycles. The van der Waals surface area contributed by atoms with Crippen molar-refractivity contribution in [3.63, 3.8) is 0 Å². The average Bonchev–Trinajstić information content (AvgIpc) is 3.25. The molecule has 6 atom stereocenters. The van der Waals surface area contributed by atoms with Crippen LogP contribution in [0.1, 0.15) is 114 Å². The first-order valence-electron chi connectivity index (χ1n) is 17.8. The molecule has 0 unspecified atom stereocenters. The summed E-state index contributed by atoms with van der Waals surface area (Å²) in [6.45, 7) is 35.4. The minimum absolute atomic E-state index is 0.000788. The first-order chi connectivity index (χ1) is 20.6. The largest absolute Gasteiger partial charge is 0.466 e. The normalized spacial score (nSPS) is 30.9. The second kappa shape index (κ2) is 14.6. The highest BCUT2D eigenvalue weighted by Gasteiger charge is 2.51. The van der Waals surface area contributed by atoms with Crippen LogP contribution < -0.4 is 0 Å². The number of rotatable bonds is 11. The van der Waals surface area contributed by atoms with E-state index in [1.54, 1.807) is 5.57 Å². The molecule has 5 nitrogen and oxygen atoms in total. The number of hydrogen-bond donors (Lipinski definition) is 0. The summed E-state index contributed by atoms with van der Waals surface area (Å²) in [5.41, 5.74) is 4.26. The van der Waals surface area contributed by atoms with Crippen LogP contribution in [0.4, 0.5) is 0 Å². The number of allylic oxidation sites excluding steroid dienone is 3. The van der Waals surface area contributed by atoms with E-state index < -0.39 is 16.6 Å². The summed E-state index contributed by atoms with van der Waals surface area (Å²) in [5, 5.41) is 0.298. The summed E-state index contributed by atoms with van der Waals surface area (Å²) in [7, 11) is -3.94. The smallest absolute Gasteiger partial charge is 0.308 e. The fourth-order valence-corrected chi connectivity index (χ4v) is 10.2. The standard InChI is InChI=1S/C38H68O5Si2/c1-15-40-35(39)22-24-41-28(3)32-20-21-33-29(17-16-23-38(32,33)10)18-19-30-25-31(42-44(11,12)36(4,5)6)26-34(27(30)2)43-45(13,14)37(7,8)9/h18-19,28,31-34H,2,15-17,20-26H2,1,3-14H3/t28-,31+,32+,33-,34-,38+/m0/s1. The van der Waals surface area contributed by atoms with Gasteiger partial charge in [-0.25, -0.2) is 0 Å². The fourth-order valence-electron chi connectivity index (χ4n) is 7.49. The number of esters is 1. The highest BCUT2D eigenvalue weighted by atomic mass is 28.4. The van der Waals surface area contributed by atoms with Crippen LogP contribution in [0.2, 0.25) is 36.3 Å². The van der Waals surface area contributed by atoms with Gasteiger partial charge in [-0.1, -0.05) is 72.8 Å². The predicted octanol–water partition coefficient (Wildman–Crippen LogP) is 10.5. The van der Waals surface area contributed by atoms with Gasteiger partial charge in [0.15, 0.2) is 16.6 Å². The molecule has 0 bridgehead atoms. The van der Waals surface area contributed by atoms with Gasteiger partial charge in [0.25, 0.3) is 0 Å². The average molecular weight is 661 g/mol. The van der Waals surface area contributed by atoms with Gasteiger partial charge in [0.2, 0.25) is 0 Å². The predicted molar refractivity (Wildman–Crippen MR) is 194 cm³/mol. The number of carbonyl (C=O) groups is 1. The van der Waals surface area contributed by atoms with E-state index in [0.29, 0.717) is 31.5 Å². The molecule has 0 aromatic heterocycles. The minimum atomic E-state index is -2.00. The highest BCUT2D eigenvalue weighted by molar-refractivity contribution is 6.74. The van der Waals surface area contributed by atoms with Gasteiger partial charge in [0.1, 0.15) is 0 Å². The molecule has 3 aliphatic rings. The van der Waals surface area contributed by atoms with E-state index in [2.05, 4.69) is 100 Å². The molecule has 0 aromatic carbocycles. The first kappa shape index (κ1) is 38.5.